The van der Waals surface area contributed by atoms with Crippen LogP contribution >= 0.6 is 0 Å². The van der Waals surface area contributed by atoms with E-state index >= 15 is 0 Å². The molecule has 0 unspecified atom stereocenters. The lowest BCUT2D eigenvalue weighted by Gasteiger charge is -2.22. The molecular weight excluding hydrogens is 232 g/mol. The van der Waals surface area contributed by atoms with Gasteiger partial charge in [0.15, 0.2) is 0 Å². The molecular formula is C9H16N2O4S. The first-order valence-electron chi connectivity index (χ1n) is 4.54. The van der Waals surface area contributed by atoms with Crippen LogP contribution in [-0.2, 0) is 19.7 Å². The van der Waals surface area contributed by atoms with Crippen LogP contribution in [0.5, 0.6) is 0 Å². The van der Waals surface area contributed by atoms with Crippen molar-refractivity contribution in [3.05, 3.63) is 0 Å². The summed E-state index contributed by atoms with van der Waals surface area (Å²) in [5.41, 5.74) is 0. The Bertz CT molecular complexity index is 371. The van der Waals surface area contributed by atoms with Gasteiger partial charge in [0.05, 0.1) is 20.1 Å². The van der Waals surface area contributed by atoms with Crippen LogP contribution < -0.4 is 0 Å². The highest BCUT2D eigenvalue weighted by molar-refractivity contribution is 7.86. The third-order valence-corrected chi connectivity index (χ3v) is 3.85. The summed E-state index contributed by atoms with van der Waals surface area (Å²) in [6.07, 6.45) is 5.03. The van der Waals surface area contributed by atoms with E-state index in [-0.39, 0.29) is 19.5 Å². The van der Waals surface area contributed by atoms with Gasteiger partial charge >= 0.3 is 5.97 Å². The number of nitrogens with zero attached hydrogens (tertiary/aromatic N) is 2. The number of esters is 1. The third-order valence-electron chi connectivity index (χ3n) is 1.96. The Kier molecular flexibility index (Phi) is 6.03. The van der Waals surface area contributed by atoms with E-state index in [1.165, 1.54) is 21.2 Å². The molecule has 0 N–H and O–H groups in total. The monoisotopic (exact) mass is 248 g/mol. The van der Waals surface area contributed by atoms with Gasteiger partial charge in [-0.25, -0.2) is 0 Å². The van der Waals surface area contributed by atoms with Gasteiger partial charge in [0.25, 0.3) is 10.2 Å². The van der Waals surface area contributed by atoms with Crippen molar-refractivity contribution in [2.45, 2.75) is 6.42 Å². The zero-order valence-electron chi connectivity index (χ0n) is 9.63. The Balaban J connectivity index is 4.42. The summed E-state index contributed by atoms with van der Waals surface area (Å²) in [5, 5.41) is 0. The molecule has 0 aromatic heterocycles. The first-order chi connectivity index (χ1) is 7.36. The lowest BCUT2D eigenvalue weighted by Crippen LogP contribution is -2.40. The van der Waals surface area contributed by atoms with Crippen molar-refractivity contribution < 1.29 is 17.9 Å². The fourth-order valence-electron chi connectivity index (χ4n) is 0.914. The highest BCUT2D eigenvalue weighted by atomic mass is 32.2. The van der Waals surface area contributed by atoms with Gasteiger partial charge in [0, 0.05) is 20.6 Å². The van der Waals surface area contributed by atoms with Gasteiger partial charge in [-0.15, -0.1) is 6.42 Å². The van der Waals surface area contributed by atoms with Gasteiger partial charge in [-0.2, -0.15) is 17.0 Å². The summed E-state index contributed by atoms with van der Waals surface area (Å²) in [6, 6.07) is 0. The van der Waals surface area contributed by atoms with Crippen LogP contribution in [0.4, 0.5) is 0 Å². The van der Waals surface area contributed by atoms with E-state index in [1.54, 1.807) is 0 Å². The predicted octanol–water partition coefficient (Wildman–Crippen LogP) is -0.709. The van der Waals surface area contributed by atoms with Crippen LogP contribution in [0.2, 0.25) is 0 Å². The van der Waals surface area contributed by atoms with E-state index in [2.05, 4.69) is 10.7 Å². The summed E-state index contributed by atoms with van der Waals surface area (Å²) in [5.74, 6) is 1.78. The molecule has 0 heterocycles. The minimum absolute atomic E-state index is 0.00903. The van der Waals surface area contributed by atoms with Crippen molar-refractivity contribution in [2.75, 3.05) is 34.3 Å². The SMILES string of the molecule is C#CCN(C)S(=O)(=O)N(C)CCC(=O)OC. The van der Waals surface area contributed by atoms with Gasteiger partial charge in [0.1, 0.15) is 0 Å². The van der Waals surface area contributed by atoms with Crippen molar-refractivity contribution in [3.8, 4) is 12.3 Å². The second-order valence-corrected chi connectivity index (χ2v) is 5.26. The quantitative estimate of drug-likeness (QED) is 0.460. The Hall–Kier alpha value is -1.10. The summed E-state index contributed by atoms with van der Waals surface area (Å²) >= 11 is 0. The molecule has 0 atom stereocenters. The van der Waals surface area contributed by atoms with Crippen LogP contribution in [0.3, 0.4) is 0 Å². The number of carbonyl (C=O) groups is 1. The topological polar surface area (TPSA) is 66.9 Å². The van der Waals surface area contributed by atoms with E-state index in [1.807, 2.05) is 0 Å². The number of methoxy groups -OCH3 is 1. The number of hydrogen-bond acceptors (Lipinski definition) is 4. The van der Waals surface area contributed by atoms with Crippen LogP contribution in [-0.4, -0.2) is 57.3 Å². The Labute approximate surface area is 96.3 Å². The molecule has 0 aliphatic heterocycles. The zero-order chi connectivity index (χ0) is 12.8. The number of ether oxygens (including phenoxy) is 1. The molecule has 0 rings (SSSR count). The first kappa shape index (κ1) is 14.9. The number of carbonyl (C=O) groups excluding carboxylic acids is 1. The fourth-order valence-corrected chi connectivity index (χ4v) is 1.95. The lowest BCUT2D eigenvalue weighted by atomic mass is 10.4. The van der Waals surface area contributed by atoms with E-state index in [0.29, 0.717) is 0 Å². The molecule has 0 aliphatic rings. The van der Waals surface area contributed by atoms with E-state index in [4.69, 9.17) is 6.42 Å². The molecule has 0 saturated heterocycles. The molecule has 0 aromatic carbocycles. The minimum Gasteiger partial charge on any atom is -0.469 e. The maximum Gasteiger partial charge on any atom is 0.306 e. The summed E-state index contributed by atoms with van der Waals surface area (Å²) in [6.45, 7) is 0.0504. The van der Waals surface area contributed by atoms with E-state index in [0.717, 1.165) is 8.61 Å². The normalized spacial score (nSPS) is 11.5. The van der Waals surface area contributed by atoms with Crippen molar-refractivity contribution in [3.63, 3.8) is 0 Å². The zero-order valence-corrected chi connectivity index (χ0v) is 10.5. The molecule has 0 aliphatic carbocycles. The maximum absolute atomic E-state index is 11.7. The van der Waals surface area contributed by atoms with Gasteiger partial charge in [0.2, 0.25) is 0 Å². The van der Waals surface area contributed by atoms with Crippen molar-refractivity contribution in [2.24, 2.45) is 0 Å². The Morgan fingerprint density at radius 1 is 1.38 bits per heavy atom. The van der Waals surface area contributed by atoms with Crippen molar-refractivity contribution >= 4 is 16.2 Å². The van der Waals surface area contributed by atoms with Crippen LogP contribution in [0.25, 0.3) is 0 Å². The van der Waals surface area contributed by atoms with E-state index in [9.17, 15) is 13.2 Å². The molecule has 0 aromatic rings. The maximum atomic E-state index is 11.7. The highest BCUT2D eigenvalue weighted by Gasteiger charge is 2.23. The minimum atomic E-state index is -3.59. The molecule has 0 radical (unpaired) electrons. The van der Waals surface area contributed by atoms with Gasteiger partial charge < -0.3 is 4.74 Å². The largest absolute Gasteiger partial charge is 0.469 e. The lowest BCUT2D eigenvalue weighted by molar-refractivity contribution is -0.140. The summed E-state index contributed by atoms with van der Waals surface area (Å²) in [4.78, 5) is 10.8. The fraction of sp³-hybridized carbons (Fsp3) is 0.667. The van der Waals surface area contributed by atoms with Crippen molar-refractivity contribution in [1.82, 2.24) is 8.61 Å². The van der Waals surface area contributed by atoms with Gasteiger partial charge in [-0.05, 0) is 0 Å². The summed E-state index contributed by atoms with van der Waals surface area (Å²) in [7, 11) is 0.422. The Morgan fingerprint density at radius 2 is 1.94 bits per heavy atom. The third kappa shape index (κ3) is 4.18. The standard InChI is InChI=1S/C9H16N2O4S/c1-5-7-10(2)16(13,14)11(3)8-6-9(12)15-4/h1H,6-8H2,2-4H3. The first-order valence-corrected chi connectivity index (χ1v) is 5.93. The Morgan fingerprint density at radius 3 is 2.38 bits per heavy atom. The number of terminal acetylenes is 1. The second kappa shape index (κ2) is 6.48. The van der Waals surface area contributed by atoms with Crippen LogP contribution in [0, 0.1) is 12.3 Å². The number of rotatable bonds is 6. The number of hydrogen-bond donors (Lipinski definition) is 0. The molecule has 0 saturated carbocycles. The van der Waals surface area contributed by atoms with Crippen LogP contribution in [0.15, 0.2) is 0 Å². The molecule has 92 valence electrons. The average Bonchev–Trinajstić information content (AvgIpc) is 2.25. The molecule has 0 amide bonds. The predicted molar refractivity (Wildman–Crippen MR) is 59.6 cm³/mol. The molecule has 16 heavy (non-hydrogen) atoms. The smallest absolute Gasteiger partial charge is 0.306 e. The average molecular weight is 248 g/mol. The highest BCUT2D eigenvalue weighted by Crippen LogP contribution is 2.04. The summed E-state index contributed by atoms with van der Waals surface area (Å²) < 4.78 is 30.0. The molecule has 0 bridgehead atoms. The van der Waals surface area contributed by atoms with E-state index < -0.39 is 16.2 Å². The second-order valence-electron chi connectivity index (χ2n) is 3.12. The molecule has 7 heteroatoms. The van der Waals surface area contributed by atoms with Crippen molar-refractivity contribution in [1.29, 1.82) is 0 Å². The molecule has 6 nitrogen and oxygen atoms in total. The molecule has 0 spiro atoms. The van der Waals surface area contributed by atoms with Crippen LogP contribution in [0.1, 0.15) is 6.42 Å². The van der Waals surface area contributed by atoms with Gasteiger partial charge in [-0.3, -0.25) is 4.79 Å². The molecule has 0 fully saturated rings. The van der Waals surface area contributed by atoms with Gasteiger partial charge in [-0.1, -0.05) is 5.92 Å².